The van der Waals surface area contributed by atoms with Crippen molar-refractivity contribution in [2.75, 3.05) is 13.2 Å². The van der Waals surface area contributed by atoms with Crippen molar-refractivity contribution in [1.29, 1.82) is 0 Å². The molecule has 2 aromatic rings. The Morgan fingerprint density at radius 1 is 1.08 bits per heavy atom. The second-order valence-corrected chi connectivity index (χ2v) is 7.83. The number of piperidine rings is 1. The Kier molecular flexibility index (Phi) is 3.57. The van der Waals surface area contributed by atoms with E-state index in [2.05, 4.69) is 36.4 Å². The maximum atomic E-state index is 12.8. The monoisotopic (exact) mass is 349 g/mol. The Morgan fingerprint density at radius 2 is 1.69 bits per heavy atom. The van der Waals surface area contributed by atoms with Crippen LogP contribution in [0.3, 0.4) is 0 Å². The van der Waals surface area contributed by atoms with E-state index in [4.69, 9.17) is 4.74 Å². The van der Waals surface area contributed by atoms with Gasteiger partial charge in [-0.3, -0.25) is 0 Å². The molecule has 1 amide bonds. The van der Waals surface area contributed by atoms with Crippen LogP contribution in [0, 0.1) is 0 Å². The minimum atomic E-state index is -0.282. The van der Waals surface area contributed by atoms with Crippen molar-refractivity contribution in [3.63, 3.8) is 0 Å². The molecule has 3 aliphatic rings. The van der Waals surface area contributed by atoms with Crippen LogP contribution in [0.2, 0.25) is 0 Å². The number of likely N-dealkylation sites (tertiary alicyclic amines) is 1. The number of hydrogen-bond donors (Lipinski definition) is 1. The van der Waals surface area contributed by atoms with Gasteiger partial charge in [-0.25, -0.2) is 4.79 Å². The SMILES string of the molecule is O=C(OCC1c2ccccc2-c2ccccc21)N1CCC(O)CC12CC2. The average Bonchev–Trinajstić information content (AvgIpc) is 3.33. The number of carbonyl (C=O) groups excluding carboxylic acids is 1. The van der Waals surface area contributed by atoms with Gasteiger partial charge in [0, 0.05) is 18.0 Å². The summed E-state index contributed by atoms with van der Waals surface area (Å²) in [5.74, 6) is 0.0943. The molecule has 4 nitrogen and oxygen atoms in total. The van der Waals surface area contributed by atoms with Crippen LogP contribution < -0.4 is 0 Å². The molecule has 1 heterocycles. The first-order chi connectivity index (χ1) is 12.7. The Labute approximate surface area is 153 Å². The smallest absolute Gasteiger partial charge is 0.410 e. The zero-order chi connectivity index (χ0) is 17.7. The Balaban J connectivity index is 1.35. The molecule has 1 unspecified atom stereocenters. The molecular formula is C22H23NO3. The number of benzene rings is 2. The molecule has 0 bridgehead atoms. The van der Waals surface area contributed by atoms with Gasteiger partial charge in [-0.2, -0.15) is 0 Å². The van der Waals surface area contributed by atoms with E-state index in [1.807, 2.05) is 17.0 Å². The number of hydrogen-bond acceptors (Lipinski definition) is 3. The molecule has 1 spiro atoms. The maximum Gasteiger partial charge on any atom is 0.410 e. The second-order valence-electron chi connectivity index (χ2n) is 7.83. The van der Waals surface area contributed by atoms with Gasteiger partial charge in [0.2, 0.25) is 0 Å². The number of amides is 1. The number of ether oxygens (including phenoxy) is 1. The van der Waals surface area contributed by atoms with E-state index < -0.39 is 0 Å². The maximum absolute atomic E-state index is 12.8. The second kappa shape index (κ2) is 5.85. The van der Waals surface area contributed by atoms with Gasteiger partial charge >= 0.3 is 6.09 Å². The summed E-state index contributed by atoms with van der Waals surface area (Å²) < 4.78 is 5.80. The molecule has 2 fully saturated rings. The first kappa shape index (κ1) is 15.9. The van der Waals surface area contributed by atoms with Gasteiger partial charge in [0.25, 0.3) is 0 Å². The number of fused-ring (bicyclic) bond motifs is 3. The van der Waals surface area contributed by atoms with Crippen molar-refractivity contribution >= 4 is 6.09 Å². The Morgan fingerprint density at radius 3 is 2.31 bits per heavy atom. The van der Waals surface area contributed by atoms with E-state index in [1.54, 1.807) is 0 Å². The molecule has 4 heteroatoms. The van der Waals surface area contributed by atoms with Crippen LogP contribution >= 0.6 is 0 Å². The molecular weight excluding hydrogens is 326 g/mol. The van der Waals surface area contributed by atoms with Crippen molar-refractivity contribution in [2.45, 2.75) is 43.2 Å². The molecule has 2 aliphatic carbocycles. The number of aliphatic hydroxyl groups excluding tert-OH is 1. The highest BCUT2D eigenvalue weighted by molar-refractivity contribution is 5.79. The van der Waals surface area contributed by atoms with E-state index in [0.717, 1.165) is 12.8 Å². The summed E-state index contributed by atoms with van der Waals surface area (Å²) in [7, 11) is 0. The molecule has 0 aromatic heterocycles. The number of carbonyl (C=O) groups is 1. The predicted molar refractivity (Wildman–Crippen MR) is 99.0 cm³/mol. The highest BCUT2D eigenvalue weighted by Crippen LogP contribution is 2.49. The minimum absolute atomic E-state index is 0.0943. The van der Waals surface area contributed by atoms with Crippen LogP contribution in [0.15, 0.2) is 48.5 Å². The van der Waals surface area contributed by atoms with Crippen molar-refractivity contribution in [3.8, 4) is 11.1 Å². The average molecular weight is 349 g/mol. The standard InChI is InChI=1S/C22H23NO3/c24-15-9-12-23(22(13-15)10-11-22)21(25)26-14-20-18-7-3-1-5-16(18)17-6-2-4-8-19(17)20/h1-8,15,20,24H,9-14H2. The minimum Gasteiger partial charge on any atom is -0.448 e. The van der Waals surface area contributed by atoms with Crippen LogP contribution in [-0.2, 0) is 4.74 Å². The topological polar surface area (TPSA) is 49.8 Å². The third kappa shape index (κ3) is 2.43. The van der Waals surface area contributed by atoms with Crippen LogP contribution in [0.5, 0.6) is 0 Å². The third-order valence-electron chi connectivity index (χ3n) is 6.26. The summed E-state index contributed by atoms with van der Waals surface area (Å²) >= 11 is 0. The van der Waals surface area contributed by atoms with Gasteiger partial charge in [0.15, 0.2) is 0 Å². The quantitative estimate of drug-likeness (QED) is 0.894. The largest absolute Gasteiger partial charge is 0.448 e. The summed E-state index contributed by atoms with van der Waals surface area (Å²) in [6.45, 7) is 0.958. The summed E-state index contributed by atoms with van der Waals surface area (Å²) in [5, 5.41) is 9.93. The fraction of sp³-hybridized carbons (Fsp3) is 0.409. The zero-order valence-electron chi connectivity index (χ0n) is 14.7. The van der Waals surface area contributed by atoms with Crippen LogP contribution in [0.25, 0.3) is 11.1 Å². The number of nitrogens with zero attached hydrogens (tertiary/aromatic N) is 1. The Hall–Kier alpha value is -2.33. The van der Waals surface area contributed by atoms with Crippen molar-refractivity contribution in [1.82, 2.24) is 4.90 Å². The van der Waals surface area contributed by atoms with Crippen molar-refractivity contribution < 1.29 is 14.6 Å². The first-order valence-electron chi connectivity index (χ1n) is 9.49. The lowest BCUT2D eigenvalue weighted by Gasteiger charge is -2.37. The highest BCUT2D eigenvalue weighted by atomic mass is 16.6. The normalized spacial score (nSPS) is 22.8. The Bertz CT molecular complexity index is 812. The molecule has 1 aliphatic heterocycles. The van der Waals surface area contributed by atoms with Crippen LogP contribution in [0.4, 0.5) is 4.79 Å². The van der Waals surface area contributed by atoms with E-state index in [0.29, 0.717) is 26.0 Å². The van der Waals surface area contributed by atoms with Gasteiger partial charge in [-0.15, -0.1) is 0 Å². The summed E-state index contributed by atoms with van der Waals surface area (Å²) in [4.78, 5) is 14.6. The molecule has 1 saturated carbocycles. The van der Waals surface area contributed by atoms with Crippen LogP contribution in [0.1, 0.15) is 42.7 Å². The number of rotatable bonds is 2. The van der Waals surface area contributed by atoms with E-state index in [9.17, 15) is 9.90 Å². The van der Waals surface area contributed by atoms with Gasteiger partial charge in [-0.1, -0.05) is 48.5 Å². The van der Waals surface area contributed by atoms with Crippen molar-refractivity contribution in [3.05, 3.63) is 59.7 Å². The van der Waals surface area contributed by atoms with E-state index >= 15 is 0 Å². The van der Waals surface area contributed by atoms with Crippen molar-refractivity contribution in [2.24, 2.45) is 0 Å². The molecule has 134 valence electrons. The molecule has 2 aromatic carbocycles. The van der Waals surface area contributed by atoms with Gasteiger partial charge < -0.3 is 14.7 Å². The molecule has 26 heavy (non-hydrogen) atoms. The lowest BCUT2D eigenvalue weighted by atomic mass is 9.97. The van der Waals surface area contributed by atoms with Gasteiger partial charge in [0.05, 0.1) is 6.10 Å². The summed E-state index contributed by atoms with van der Waals surface area (Å²) in [6, 6.07) is 16.7. The lowest BCUT2D eigenvalue weighted by Crippen LogP contribution is -2.49. The van der Waals surface area contributed by atoms with Gasteiger partial charge in [0.1, 0.15) is 6.61 Å². The predicted octanol–water partition coefficient (Wildman–Crippen LogP) is 3.92. The fourth-order valence-corrected chi connectivity index (χ4v) is 4.74. The number of aliphatic hydroxyl groups is 1. The van der Waals surface area contributed by atoms with E-state index in [1.165, 1.54) is 22.3 Å². The fourth-order valence-electron chi connectivity index (χ4n) is 4.74. The van der Waals surface area contributed by atoms with Gasteiger partial charge in [-0.05, 0) is 47.9 Å². The molecule has 1 N–H and O–H groups in total. The zero-order valence-corrected chi connectivity index (χ0v) is 14.7. The molecule has 1 saturated heterocycles. The van der Waals surface area contributed by atoms with Crippen LogP contribution in [-0.4, -0.2) is 40.9 Å². The summed E-state index contributed by atoms with van der Waals surface area (Å²) in [6.07, 6.45) is 2.79. The van der Waals surface area contributed by atoms with E-state index in [-0.39, 0.29) is 23.7 Å². The highest BCUT2D eigenvalue weighted by Gasteiger charge is 2.53. The molecule has 5 rings (SSSR count). The summed E-state index contributed by atoms with van der Waals surface area (Å²) in [5.41, 5.74) is 4.81. The molecule has 0 radical (unpaired) electrons. The first-order valence-corrected chi connectivity index (χ1v) is 9.49. The third-order valence-corrected chi connectivity index (χ3v) is 6.26. The lowest BCUT2D eigenvalue weighted by molar-refractivity contribution is 0.0193. The molecule has 1 atom stereocenters.